The second kappa shape index (κ2) is 8.26. The number of hydrogen-bond acceptors (Lipinski definition) is 4. The molecule has 0 aliphatic carbocycles. The maximum absolute atomic E-state index is 14.5. The molecule has 3 nitrogen and oxygen atoms in total. The molecule has 0 radical (unpaired) electrons. The van der Waals surface area contributed by atoms with E-state index in [0.717, 1.165) is 34.9 Å². The molecule has 1 aromatic heterocycles. The highest BCUT2D eigenvalue weighted by molar-refractivity contribution is 7.99. The number of rotatable bonds is 6. The van der Waals surface area contributed by atoms with E-state index in [4.69, 9.17) is 0 Å². The van der Waals surface area contributed by atoms with E-state index in [0.29, 0.717) is 6.29 Å². The first kappa shape index (κ1) is 19.0. The van der Waals surface area contributed by atoms with E-state index < -0.39 is 16.9 Å². The van der Waals surface area contributed by atoms with Crippen molar-refractivity contribution in [2.24, 2.45) is 0 Å². The van der Waals surface area contributed by atoms with Crippen LogP contribution in [0.2, 0.25) is 0 Å². The quantitative estimate of drug-likeness (QED) is 0.405. The lowest BCUT2D eigenvalue weighted by Crippen LogP contribution is -2.05. The van der Waals surface area contributed by atoms with Gasteiger partial charge in [0.2, 0.25) is 0 Å². The molecule has 0 amide bonds. The zero-order valence-corrected chi connectivity index (χ0v) is 15.0. The van der Waals surface area contributed by atoms with Gasteiger partial charge in [0.25, 0.3) is 0 Å². The van der Waals surface area contributed by atoms with Crippen LogP contribution in [0.25, 0.3) is 0 Å². The monoisotopic (exact) mass is 389 g/mol. The summed E-state index contributed by atoms with van der Waals surface area (Å²) in [6.07, 6.45) is 1.39. The SMILES string of the molecule is Cc1ccc(SC(c2cc(C=O)ncc2F)c2cc(F)ccc2OF)cc1. The number of aryl methyl sites for hydroxylation is 1. The average molecular weight is 389 g/mol. The Hall–Kier alpha value is -2.80. The molecule has 0 saturated heterocycles. The Labute approximate surface area is 158 Å². The second-order valence-corrected chi connectivity index (χ2v) is 7.00. The van der Waals surface area contributed by atoms with Gasteiger partial charge < -0.3 is 0 Å². The van der Waals surface area contributed by atoms with Crippen molar-refractivity contribution in [1.29, 1.82) is 0 Å². The Morgan fingerprint density at radius 2 is 1.81 bits per heavy atom. The van der Waals surface area contributed by atoms with Crippen LogP contribution in [0.1, 0.15) is 32.4 Å². The Bertz CT molecular complexity index is 964. The van der Waals surface area contributed by atoms with E-state index in [1.807, 2.05) is 31.2 Å². The molecule has 1 unspecified atom stereocenters. The lowest BCUT2D eigenvalue weighted by Gasteiger charge is -2.20. The highest BCUT2D eigenvalue weighted by atomic mass is 32.2. The fraction of sp³-hybridized carbons (Fsp3) is 0.100. The minimum atomic E-state index is -0.865. The van der Waals surface area contributed by atoms with Crippen LogP contribution in [-0.2, 0) is 0 Å². The van der Waals surface area contributed by atoms with Gasteiger partial charge in [-0.25, -0.2) is 8.78 Å². The second-order valence-electron chi connectivity index (χ2n) is 5.82. The van der Waals surface area contributed by atoms with Crippen LogP contribution >= 0.6 is 11.8 Å². The van der Waals surface area contributed by atoms with Gasteiger partial charge in [-0.15, -0.1) is 11.8 Å². The summed E-state index contributed by atoms with van der Waals surface area (Å²) in [6, 6.07) is 11.9. The van der Waals surface area contributed by atoms with E-state index in [1.54, 1.807) is 0 Å². The zero-order valence-electron chi connectivity index (χ0n) is 14.2. The minimum absolute atomic E-state index is 0.0139. The third-order valence-electron chi connectivity index (χ3n) is 3.92. The molecular weight excluding hydrogens is 375 g/mol. The maximum Gasteiger partial charge on any atom is 0.176 e. The van der Waals surface area contributed by atoms with Crippen molar-refractivity contribution in [2.75, 3.05) is 0 Å². The van der Waals surface area contributed by atoms with Crippen LogP contribution in [0.15, 0.2) is 59.6 Å². The third kappa shape index (κ3) is 4.31. The number of aromatic nitrogens is 1. The molecule has 3 rings (SSSR count). The standard InChI is InChI=1S/C20H14F3NO2S/c1-12-2-5-15(6-3-12)27-20(16-9-14(11-25)24-10-18(16)22)17-8-13(21)4-7-19(17)26-23/h2-11,20H,1H3. The molecule has 3 aromatic rings. The number of halogens is 3. The number of carbonyl (C=O) groups excluding carboxylic acids is 1. The van der Waals surface area contributed by atoms with Gasteiger partial charge in [-0.1, -0.05) is 17.7 Å². The lowest BCUT2D eigenvalue weighted by atomic mass is 10.0. The van der Waals surface area contributed by atoms with Crippen LogP contribution in [0, 0.1) is 18.6 Å². The van der Waals surface area contributed by atoms with E-state index in [1.165, 1.54) is 17.8 Å². The first-order valence-electron chi connectivity index (χ1n) is 7.94. The average Bonchev–Trinajstić information content (AvgIpc) is 2.68. The lowest BCUT2D eigenvalue weighted by molar-refractivity contribution is -0.00734. The summed E-state index contributed by atoms with van der Waals surface area (Å²) in [5, 5.41) is -0.865. The van der Waals surface area contributed by atoms with Crippen LogP contribution in [-0.4, -0.2) is 11.3 Å². The molecule has 7 heteroatoms. The van der Waals surface area contributed by atoms with Crippen molar-refractivity contribution in [2.45, 2.75) is 17.1 Å². The van der Waals surface area contributed by atoms with E-state index in [2.05, 4.69) is 9.93 Å². The Morgan fingerprint density at radius 1 is 1.07 bits per heavy atom. The molecule has 27 heavy (non-hydrogen) atoms. The number of hydrogen-bond donors (Lipinski definition) is 0. The number of benzene rings is 2. The normalized spacial score (nSPS) is 11.9. The van der Waals surface area contributed by atoms with Gasteiger partial charge in [-0.3, -0.25) is 14.7 Å². The predicted octanol–water partition coefficient (Wildman–Crippen LogP) is 5.63. The molecule has 0 aliphatic rings. The summed E-state index contributed by atoms with van der Waals surface area (Å²) in [7, 11) is 0. The minimum Gasteiger partial charge on any atom is -0.296 e. The fourth-order valence-electron chi connectivity index (χ4n) is 2.58. The Morgan fingerprint density at radius 3 is 2.48 bits per heavy atom. The number of nitrogens with zero attached hydrogens (tertiary/aromatic N) is 1. The molecule has 0 saturated carbocycles. The van der Waals surface area contributed by atoms with Crippen molar-refractivity contribution in [3.63, 3.8) is 0 Å². The zero-order chi connectivity index (χ0) is 19.4. The summed E-state index contributed by atoms with van der Waals surface area (Å²) in [6.45, 7) is 1.92. The van der Waals surface area contributed by atoms with Gasteiger partial charge in [0.1, 0.15) is 17.3 Å². The number of carbonyl (C=O) groups is 1. The van der Waals surface area contributed by atoms with Crippen LogP contribution in [0.4, 0.5) is 13.3 Å². The van der Waals surface area contributed by atoms with Gasteiger partial charge >= 0.3 is 0 Å². The Kier molecular flexibility index (Phi) is 5.81. The van der Waals surface area contributed by atoms with Gasteiger partial charge in [-0.2, -0.15) is 0 Å². The molecule has 0 N–H and O–H groups in total. The number of thioether (sulfide) groups is 1. The summed E-state index contributed by atoms with van der Waals surface area (Å²) < 4.78 is 41.4. The fourth-order valence-corrected chi connectivity index (χ4v) is 3.76. The molecule has 0 aliphatic heterocycles. The summed E-state index contributed by atoms with van der Waals surface area (Å²) in [5.74, 6) is -1.55. The first-order chi connectivity index (χ1) is 13.0. The van der Waals surface area contributed by atoms with Gasteiger partial charge in [-0.05, 0) is 43.3 Å². The topological polar surface area (TPSA) is 39.2 Å². The number of pyridine rings is 1. The summed E-state index contributed by atoms with van der Waals surface area (Å²) >= 11 is 1.18. The van der Waals surface area contributed by atoms with Crippen molar-refractivity contribution in [3.8, 4) is 5.75 Å². The van der Waals surface area contributed by atoms with Gasteiger partial charge in [0.15, 0.2) is 12.0 Å². The van der Waals surface area contributed by atoms with E-state index >= 15 is 0 Å². The highest BCUT2D eigenvalue weighted by Crippen LogP contribution is 2.45. The van der Waals surface area contributed by atoms with Crippen LogP contribution < -0.4 is 4.94 Å². The highest BCUT2D eigenvalue weighted by Gasteiger charge is 2.25. The van der Waals surface area contributed by atoms with Crippen LogP contribution in [0.3, 0.4) is 0 Å². The Balaban J connectivity index is 2.16. The smallest absolute Gasteiger partial charge is 0.176 e. The molecule has 1 atom stereocenters. The van der Waals surface area contributed by atoms with Crippen molar-refractivity contribution < 1.29 is 23.0 Å². The molecule has 2 aromatic carbocycles. The van der Waals surface area contributed by atoms with Gasteiger partial charge in [0.05, 0.1) is 11.4 Å². The van der Waals surface area contributed by atoms with Crippen molar-refractivity contribution >= 4 is 18.0 Å². The molecule has 0 spiro atoms. The molecule has 1 heterocycles. The number of aldehydes is 1. The largest absolute Gasteiger partial charge is 0.296 e. The first-order valence-corrected chi connectivity index (χ1v) is 8.81. The molecule has 0 bridgehead atoms. The molecule has 138 valence electrons. The van der Waals surface area contributed by atoms with E-state index in [-0.39, 0.29) is 22.6 Å². The summed E-state index contributed by atoms with van der Waals surface area (Å²) in [4.78, 5) is 19.4. The van der Waals surface area contributed by atoms with E-state index in [9.17, 15) is 18.1 Å². The molecule has 0 fully saturated rings. The van der Waals surface area contributed by atoms with Crippen molar-refractivity contribution in [1.82, 2.24) is 4.98 Å². The predicted molar refractivity (Wildman–Crippen MR) is 96.6 cm³/mol. The molecular formula is C20H14F3NO2S. The van der Waals surface area contributed by atoms with Gasteiger partial charge in [0, 0.05) is 20.5 Å². The third-order valence-corrected chi connectivity index (χ3v) is 5.21. The maximum atomic E-state index is 14.5. The van der Waals surface area contributed by atoms with Crippen molar-refractivity contribution in [3.05, 3.63) is 88.7 Å². The summed E-state index contributed by atoms with van der Waals surface area (Å²) in [5.41, 5.74) is 1.22. The van der Waals surface area contributed by atoms with Crippen LogP contribution in [0.5, 0.6) is 5.75 Å².